The van der Waals surface area contributed by atoms with Gasteiger partial charge in [-0.15, -0.1) is 0 Å². The third kappa shape index (κ3) is 2.41. The van der Waals surface area contributed by atoms with Crippen LogP contribution in [0.4, 0.5) is 4.39 Å². The van der Waals surface area contributed by atoms with E-state index in [2.05, 4.69) is 0 Å². The van der Waals surface area contributed by atoms with Crippen LogP contribution >= 0.6 is 0 Å². The van der Waals surface area contributed by atoms with Crippen molar-refractivity contribution in [3.05, 3.63) is 35.1 Å². The summed E-state index contributed by atoms with van der Waals surface area (Å²) >= 11 is 0. The predicted octanol–water partition coefficient (Wildman–Crippen LogP) is 1.75. The van der Waals surface area contributed by atoms with Gasteiger partial charge in [0.2, 0.25) is 11.8 Å². The average Bonchev–Trinajstić information content (AvgIpc) is 2.46. The van der Waals surface area contributed by atoms with E-state index in [0.29, 0.717) is 13.1 Å². The van der Waals surface area contributed by atoms with Gasteiger partial charge in [-0.25, -0.2) is 4.39 Å². The molecule has 0 bridgehead atoms. The van der Waals surface area contributed by atoms with Gasteiger partial charge in [-0.3, -0.25) is 9.59 Å². The Morgan fingerprint density at radius 3 is 2.86 bits per heavy atom. The second-order valence-electron chi connectivity index (χ2n) is 6.07. The number of hydrogen-bond donors (Lipinski definition) is 0. The summed E-state index contributed by atoms with van der Waals surface area (Å²) in [6.07, 6.45) is 0.746. The average molecular weight is 290 g/mol. The van der Waals surface area contributed by atoms with Crippen molar-refractivity contribution in [1.82, 2.24) is 9.80 Å². The molecule has 112 valence electrons. The fourth-order valence-corrected chi connectivity index (χ4v) is 3.22. The smallest absolute Gasteiger partial charge is 0.242 e. The van der Waals surface area contributed by atoms with Crippen LogP contribution in [0, 0.1) is 11.7 Å². The molecule has 0 spiro atoms. The molecule has 0 aliphatic carbocycles. The van der Waals surface area contributed by atoms with E-state index in [0.717, 1.165) is 17.5 Å². The second-order valence-corrected chi connectivity index (χ2v) is 6.07. The molecule has 4 nitrogen and oxygen atoms in total. The number of hydrogen-bond acceptors (Lipinski definition) is 2. The van der Waals surface area contributed by atoms with Crippen molar-refractivity contribution in [2.45, 2.75) is 26.3 Å². The topological polar surface area (TPSA) is 40.6 Å². The molecule has 0 aromatic heterocycles. The molecule has 2 aliphatic heterocycles. The number of amides is 2. The lowest BCUT2D eigenvalue weighted by molar-refractivity contribution is -0.151. The molecule has 1 aromatic rings. The third-order valence-electron chi connectivity index (χ3n) is 4.31. The van der Waals surface area contributed by atoms with Crippen LogP contribution in [0.1, 0.15) is 31.0 Å². The van der Waals surface area contributed by atoms with Crippen LogP contribution in [-0.4, -0.2) is 41.2 Å². The highest BCUT2D eigenvalue weighted by molar-refractivity contribution is 5.87. The van der Waals surface area contributed by atoms with Gasteiger partial charge in [0.1, 0.15) is 5.82 Å². The van der Waals surface area contributed by atoms with Crippen LogP contribution in [0.25, 0.3) is 0 Å². The molecule has 0 saturated carbocycles. The van der Waals surface area contributed by atoms with Gasteiger partial charge in [0.05, 0.1) is 12.6 Å². The minimum atomic E-state index is -0.296. The summed E-state index contributed by atoms with van der Waals surface area (Å²) in [5, 5.41) is 0. The Labute approximate surface area is 123 Å². The number of nitrogens with zero attached hydrogens (tertiary/aromatic N) is 2. The van der Waals surface area contributed by atoms with Gasteiger partial charge < -0.3 is 9.80 Å². The first-order valence-electron chi connectivity index (χ1n) is 7.34. The highest BCUT2D eigenvalue weighted by atomic mass is 19.1. The van der Waals surface area contributed by atoms with Gasteiger partial charge in [0.15, 0.2) is 0 Å². The Morgan fingerprint density at radius 1 is 1.38 bits per heavy atom. The van der Waals surface area contributed by atoms with Gasteiger partial charge >= 0.3 is 0 Å². The molecule has 2 amide bonds. The maximum absolute atomic E-state index is 13.6. The van der Waals surface area contributed by atoms with Crippen molar-refractivity contribution in [2.75, 3.05) is 19.6 Å². The molecule has 2 aliphatic rings. The summed E-state index contributed by atoms with van der Waals surface area (Å²) < 4.78 is 13.6. The molecule has 0 N–H and O–H groups in total. The van der Waals surface area contributed by atoms with Crippen molar-refractivity contribution in [1.29, 1.82) is 0 Å². The molecule has 0 radical (unpaired) electrons. The summed E-state index contributed by atoms with van der Waals surface area (Å²) in [5.41, 5.74) is 1.92. The molecule has 1 saturated heterocycles. The third-order valence-corrected chi connectivity index (χ3v) is 4.31. The Bertz CT molecular complexity index is 600. The standard InChI is InChI=1S/C16H19FN2O2/c1-10(2)16(21)18-8-14-13-7-12(17)4-3-11(13)5-6-19(14)15(20)9-18/h3-4,7,10,14H,5-6,8-9H2,1-2H3. The fraction of sp³-hybridized carbons (Fsp3) is 0.500. The Morgan fingerprint density at radius 2 is 2.14 bits per heavy atom. The van der Waals surface area contributed by atoms with Crippen molar-refractivity contribution in [3.8, 4) is 0 Å². The lowest BCUT2D eigenvalue weighted by Crippen LogP contribution is -2.56. The molecular weight excluding hydrogens is 271 g/mol. The molecule has 3 rings (SSSR count). The Hall–Kier alpha value is -1.91. The van der Waals surface area contributed by atoms with E-state index in [9.17, 15) is 14.0 Å². The monoisotopic (exact) mass is 290 g/mol. The number of carbonyl (C=O) groups excluding carboxylic acids is 2. The van der Waals surface area contributed by atoms with E-state index in [4.69, 9.17) is 0 Å². The minimum absolute atomic E-state index is 0.0217. The zero-order valence-corrected chi connectivity index (χ0v) is 12.3. The van der Waals surface area contributed by atoms with Crippen LogP contribution in [0.2, 0.25) is 0 Å². The van der Waals surface area contributed by atoms with Gasteiger partial charge in [-0.2, -0.15) is 0 Å². The molecule has 1 unspecified atom stereocenters. The van der Waals surface area contributed by atoms with Crippen LogP contribution in [-0.2, 0) is 16.0 Å². The molecule has 1 aromatic carbocycles. The molecular formula is C16H19FN2O2. The van der Waals surface area contributed by atoms with E-state index in [1.54, 1.807) is 15.9 Å². The maximum atomic E-state index is 13.6. The quantitative estimate of drug-likeness (QED) is 0.790. The van der Waals surface area contributed by atoms with Gasteiger partial charge in [0, 0.05) is 19.0 Å². The summed E-state index contributed by atoms with van der Waals surface area (Å²) in [6, 6.07) is 4.53. The normalized spacial score (nSPS) is 21.3. The summed E-state index contributed by atoms with van der Waals surface area (Å²) in [5.74, 6) is -0.503. The summed E-state index contributed by atoms with van der Waals surface area (Å²) in [4.78, 5) is 27.9. The number of carbonyl (C=O) groups is 2. The highest BCUT2D eigenvalue weighted by Gasteiger charge is 2.38. The summed E-state index contributed by atoms with van der Waals surface area (Å²) in [7, 11) is 0. The first-order valence-corrected chi connectivity index (χ1v) is 7.34. The molecule has 21 heavy (non-hydrogen) atoms. The molecule has 1 fully saturated rings. The Balaban J connectivity index is 1.94. The van der Waals surface area contributed by atoms with Gasteiger partial charge in [-0.1, -0.05) is 19.9 Å². The van der Waals surface area contributed by atoms with E-state index in [1.807, 2.05) is 13.8 Å². The van der Waals surface area contributed by atoms with E-state index in [-0.39, 0.29) is 36.1 Å². The molecule has 2 heterocycles. The fourth-order valence-electron chi connectivity index (χ4n) is 3.22. The molecule has 1 atom stereocenters. The van der Waals surface area contributed by atoms with E-state index in [1.165, 1.54) is 12.1 Å². The number of halogens is 1. The van der Waals surface area contributed by atoms with E-state index >= 15 is 0 Å². The van der Waals surface area contributed by atoms with Crippen LogP contribution in [0.15, 0.2) is 18.2 Å². The van der Waals surface area contributed by atoms with Crippen molar-refractivity contribution in [3.63, 3.8) is 0 Å². The number of piperazine rings is 1. The number of rotatable bonds is 1. The first kappa shape index (κ1) is 14.0. The minimum Gasteiger partial charge on any atom is -0.332 e. The van der Waals surface area contributed by atoms with Crippen molar-refractivity contribution in [2.24, 2.45) is 5.92 Å². The van der Waals surface area contributed by atoms with Crippen LogP contribution < -0.4 is 0 Å². The number of fused-ring (bicyclic) bond motifs is 3. The number of benzene rings is 1. The summed E-state index contributed by atoms with van der Waals surface area (Å²) in [6.45, 7) is 4.89. The van der Waals surface area contributed by atoms with Crippen LogP contribution in [0.5, 0.6) is 0 Å². The van der Waals surface area contributed by atoms with Crippen molar-refractivity contribution >= 4 is 11.8 Å². The zero-order valence-electron chi connectivity index (χ0n) is 12.3. The predicted molar refractivity (Wildman–Crippen MR) is 76.0 cm³/mol. The van der Waals surface area contributed by atoms with E-state index < -0.39 is 0 Å². The van der Waals surface area contributed by atoms with Crippen molar-refractivity contribution < 1.29 is 14.0 Å². The maximum Gasteiger partial charge on any atom is 0.242 e. The SMILES string of the molecule is CC(C)C(=O)N1CC(=O)N2CCc3ccc(F)cc3C2C1. The Kier molecular flexibility index (Phi) is 3.43. The van der Waals surface area contributed by atoms with Crippen LogP contribution in [0.3, 0.4) is 0 Å². The lowest BCUT2D eigenvalue weighted by atomic mass is 9.90. The zero-order chi connectivity index (χ0) is 15.1. The largest absolute Gasteiger partial charge is 0.332 e. The second kappa shape index (κ2) is 5.13. The van der Waals surface area contributed by atoms with Gasteiger partial charge in [-0.05, 0) is 29.7 Å². The van der Waals surface area contributed by atoms with Gasteiger partial charge in [0.25, 0.3) is 0 Å². The first-order chi connectivity index (χ1) is 9.97. The lowest BCUT2D eigenvalue weighted by Gasteiger charge is -2.45. The highest BCUT2D eigenvalue weighted by Crippen LogP contribution is 2.33. The molecule has 5 heteroatoms.